The molecule has 1 amide bonds. The molecule has 0 saturated carbocycles. The summed E-state index contributed by atoms with van der Waals surface area (Å²) in [5, 5.41) is 14.2. The number of carbonyl (C=O) groups excluding carboxylic acids is 1. The number of rotatable bonds is 3. The van der Waals surface area contributed by atoms with E-state index in [1.54, 1.807) is 17.0 Å². The fourth-order valence-corrected chi connectivity index (χ4v) is 3.34. The average molecular weight is 523 g/mol. The summed E-state index contributed by atoms with van der Waals surface area (Å²) in [6.45, 7) is 8.45. The van der Waals surface area contributed by atoms with E-state index in [0.29, 0.717) is 37.7 Å². The van der Waals surface area contributed by atoms with Crippen LogP contribution in [0, 0.1) is 0 Å². The smallest absolute Gasteiger partial charge is 0.410 e. The SMILES string of the molecule is CC(C)(C)OC(=O)N1CCN2C(NCC(O)c3ccc(Cl)cc3)=NCC2C1.I. The Bertz CT molecular complexity index is 708. The number of aliphatic hydroxyl groups excluding tert-OH is 1. The molecule has 0 aliphatic carbocycles. The molecule has 2 aliphatic heterocycles. The van der Waals surface area contributed by atoms with E-state index in [2.05, 4.69) is 15.2 Å². The molecule has 1 aromatic carbocycles. The Labute approximate surface area is 188 Å². The van der Waals surface area contributed by atoms with Crippen molar-refractivity contribution in [2.24, 2.45) is 4.99 Å². The van der Waals surface area contributed by atoms with E-state index in [1.165, 1.54) is 0 Å². The van der Waals surface area contributed by atoms with Gasteiger partial charge in [-0.1, -0.05) is 23.7 Å². The predicted octanol–water partition coefficient (Wildman–Crippen LogP) is 2.87. The molecule has 0 aromatic heterocycles. The fraction of sp³-hybridized carbons (Fsp3) is 0.579. The number of piperazine rings is 1. The van der Waals surface area contributed by atoms with E-state index >= 15 is 0 Å². The van der Waals surface area contributed by atoms with Gasteiger partial charge in [0.05, 0.1) is 18.7 Å². The van der Waals surface area contributed by atoms with E-state index in [0.717, 1.165) is 11.5 Å². The van der Waals surface area contributed by atoms with E-state index in [1.807, 2.05) is 32.9 Å². The van der Waals surface area contributed by atoms with Gasteiger partial charge in [0.1, 0.15) is 5.60 Å². The number of fused-ring (bicyclic) bond motifs is 1. The second kappa shape index (κ2) is 9.49. The Hall–Kier alpha value is -1.26. The van der Waals surface area contributed by atoms with E-state index in [9.17, 15) is 9.90 Å². The Balaban J connectivity index is 0.00000280. The molecule has 7 nitrogen and oxygen atoms in total. The van der Waals surface area contributed by atoms with Crippen LogP contribution in [0.4, 0.5) is 4.79 Å². The first-order valence-electron chi connectivity index (χ1n) is 9.19. The molecule has 0 bridgehead atoms. The van der Waals surface area contributed by atoms with Gasteiger partial charge in [0.2, 0.25) is 0 Å². The molecule has 2 aliphatic rings. The van der Waals surface area contributed by atoms with Crippen LogP contribution in [-0.2, 0) is 4.74 Å². The van der Waals surface area contributed by atoms with Gasteiger partial charge in [0, 0.05) is 31.2 Å². The zero-order valence-electron chi connectivity index (χ0n) is 16.4. The van der Waals surface area contributed by atoms with Crippen molar-refractivity contribution in [2.75, 3.05) is 32.7 Å². The maximum Gasteiger partial charge on any atom is 0.410 e. The van der Waals surface area contributed by atoms with Crippen LogP contribution in [0.3, 0.4) is 0 Å². The van der Waals surface area contributed by atoms with Crippen molar-refractivity contribution < 1.29 is 14.6 Å². The van der Waals surface area contributed by atoms with Gasteiger partial charge in [-0.05, 0) is 38.5 Å². The molecular formula is C19H28ClIN4O3. The monoisotopic (exact) mass is 522 g/mol. The zero-order valence-corrected chi connectivity index (χ0v) is 19.5. The van der Waals surface area contributed by atoms with Crippen molar-refractivity contribution in [1.29, 1.82) is 0 Å². The fourth-order valence-electron chi connectivity index (χ4n) is 3.21. The third-order valence-electron chi connectivity index (χ3n) is 4.57. The summed E-state index contributed by atoms with van der Waals surface area (Å²) >= 11 is 5.88. The number of hydrogen-bond acceptors (Lipinski definition) is 6. The summed E-state index contributed by atoms with van der Waals surface area (Å²) in [7, 11) is 0. The molecule has 2 N–H and O–H groups in total. The standard InChI is InChI=1S/C19H27ClN4O3.HI/c1-19(2,3)27-18(26)23-8-9-24-15(12-23)10-21-17(24)22-11-16(25)13-4-6-14(20)7-5-13;/h4-7,15-16,25H,8-12H2,1-3H3,(H,21,22);1H. The second-order valence-electron chi connectivity index (χ2n) is 7.89. The first-order valence-corrected chi connectivity index (χ1v) is 9.57. The molecule has 2 heterocycles. The maximum atomic E-state index is 12.3. The highest BCUT2D eigenvalue weighted by Crippen LogP contribution is 2.20. The molecule has 1 fully saturated rings. The lowest BCUT2D eigenvalue weighted by molar-refractivity contribution is 0.0137. The van der Waals surface area contributed by atoms with Gasteiger partial charge >= 0.3 is 6.09 Å². The van der Waals surface area contributed by atoms with E-state index < -0.39 is 11.7 Å². The summed E-state index contributed by atoms with van der Waals surface area (Å²) in [5.74, 6) is 0.775. The number of hydrogen-bond donors (Lipinski definition) is 2. The Morgan fingerprint density at radius 3 is 2.68 bits per heavy atom. The summed E-state index contributed by atoms with van der Waals surface area (Å²) in [6, 6.07) is 7.29. The first kappa shape index (κ1) is 23.0. The molecule has 156 valence electrons. The molecule has 0 spiro atoms. The van der Waals surface area contributed by atoms with Crippen molar-refractivity contribution in [3.8, 4) is 0 Å². The average Bonchev–Trinajstić information content (AvgIpc) is 3.01. The van der Waals surface area contributed by atoms with Gasteiger partial charge in [-0.3, -0.25) is 4.99 Å². The van der Waals surface area contributed by atoms with Gasteiger partial charge in [-0.2, -0.15) is 0 Å². The van der Waals surface area contributed by atoms with Gasteiger partial charge < -0.3 is 25.0 Å². The number of benzene rings is 1. The van der Waals surface area contributed by atoms with Gasteiger partial charge in [0.25, 0.3) is 0 Å². The summed E-state index contributed by atoms with van der Waals surface area (Å²) < 4.78 is 5.46. The number of ether oxygens (including phenoxy) is 1. The number of guanidine groups is 1. The van der Waals surface area contributed by atoms with Crippen LogP contribution in [0.1, 0.15) is 32.4 Å². The summed E-state index contributed by atoms with van der Waals surface area (Å²) in [6.07, 6.45) is -0.922. The van der Waals surface area contributed by atoms with Crippen molar-refractivity contribution in [3.63, 3.8) is 0 Å². The lowest BCUT2D eigenvalue weighted by atomic mass is 10.1. The third-order valence-corrected chi connectivity index (χ3v) is 4.82. The number of nitrogens with zero attached hydrogens (tertiary/aromatic N) is 3. The molecular weight excluding hydrogens is 495 g/mol. The van der Waals surface area contributed by atoms with Crippen LogP contribution >= 0.6 is 35.6 Å². The number of nitrogens with one attached hydrogen (secondary N) is 1. The molecule has 9 heteroatoms. The second-order valence-corrected chi connectivity index (χ2v) is 8.32. The normalized spacial score (nSPS) is 20.0. The van der Waals surface area contributed by atoms with Gasteiger partial charge in [-0.15, -0.1) is 24.0 Å². The molecule has 28 heavy (non-hydrogen) atoms. The Kier molecular flexibility index (Phi) is 7.81. The minimum absolute atomic E-state index is 0. The molecule has 1 aromatic rings. The highest BCUT2D eigenvalue weighted by atomic mass is 127. The minimum atomic E-state index is -0.646. The molecule has 3 rings (SSSR count). The highest BCUT2D eigenvalue weighted by molar-refractivity contribution is 14.0. The van der Waals surface area contributed by atoms with E-state index in [-0.39, 0.29) is 36.1 Å². The topological polar surface area (TPSA) is 77.4 Å². The van der Waals surface area contributed by atoms with Gasteiger partial charge in [0.15, 0.2) is 5.96 Å². The quantitative estimate of drug-likeness (QED) is 0.597. The van der Waals surface area contributed by atoms with Crippen molar-refractivity contribution >= 4 is 47.6 Å². The number of halogens is 2. The van der Waals surface area contributed by atoms with Crippen LogP contribution in [0.15, 0.2) is 29.3 Å². The van der Waals surface area contributed by atoms with Crippen LogP contribution < -0.4 is 5.32 Å². The number of amides is 1. The number of aliphatic hydroxyl groups is 1. The van der Waals surface area contributed by atoms with Crippen LogP contribution in [0.25, 0.3) is 0 Å². The number of carbonyl (C=O) groups is 1. The van der Waals surface area contributed by atoms with E-state index in [4.69, 9.17) is 16.3 Å². The summed E-state index contributed by atoms with van der Waals surface area (Å²) in [4.78, 5) is 20.7. The highest BCUT2D eigenvalue weighted by Gasteiger charge is 2.36. The van der Waals surface area contributed by atoms with Gasteiger partial charge in [-0.25, -0.2) is 4.79 Å². The minimum Gasteiger partial charge on any atom is -0.444 e. The van der Waals surface area contributed by atoms with Crippen molar-refractivity contribution in [2.45, 2.75) is 38.5 Å². The van der Waals surface area contributed by atoms with Crippen LogP contribution in [0.5, 0.6) is 0 Å². The molecule has 2 atom stereocenters. The number of aliphatic imine (C=N–C) groups is 1. The zero-order chi connectivity index (χ0) is 19.6. The first-order chi connectivity index (χ1) is 12.7. The predicted molar refractivity (Wildman–Crippen MR) is 120 cm³/mol. The van der Waals surface area contributed by atoms with Crippen LogP contribution in [-0.4, -0.2) is 71.3 Å². The third kappa shape index (κ3) is 5.87. The lowest BCUT2D eigenvalue weighted by Crippen LogP contribution is -2.57. The molecule has 1 saturated heterocycles. The lowest BCUT2D eigenvalue weighted by Gasteiger charge is -2.39. The summed E-state index contributed by atoms with van der Waals surface area (Å²) in [5.41, 5.74) is 0.307. The largest absolute Gasteiger partial charge is 0.444 e. The maximum absolute atomic E-state index is 12.3. The van der Waals surface area contributed by atoms with Crippen molar-refractivity contribution in [1.82, 2.24) is 15.1 Å². The Morgan fingerprint density at radius 1 is 1.36 bits per heavy atom. The molecule has 2 unspecified atom stereocenters. The van der Waals surface area contributed by atoms with Crippen LogP contribution in [0.2, 0.25) is 5.02 Å². The van der Waals surface area contributed by atoms with Crippen molar-refractivity contribution in [3.05, 3.63) is 34.9 Å². The Morgan fingerprint density at radius 2 is 2.04 bits per heavy atom. The molecule has 0 radical (unpaired) electrons.